The molecule has 14 nitrogen and oxygen atoms in total. The number of hydrogen-bond acceptors (Lipinski definition) is 11. The lowest BCUT2D eigenvalue weighted by Crippen LogP contribution is -2.19. The number of nitro groups is 1. The highest BCUT2D eigenvalue weighted by atomic mass is 127. The zero-order valence-corrected chi connectivity index (χ0v) is 35.8. The zero-order valence-electron chi connectivity index (χ0n) is 32.8. The summed E-state index contributed by atoms with van der Waals surface area (Å²) in [7, 11) is 0. The molecule has 3 aromatic carbocycles. The van der Waals surface area contributed by atoms with Crippen LogP contribution in [-0.2, 0) is 4.79 Å². The van der Waals surface area contributed by atoms with Crippen molar-refractivity contribution in [1.82, 2.24) is 10.3 Å². The van der Waals surface area contributed by atoms with Crippen molar-refractivity contribution >= 4 is 84.5 Å². The number of carbonyl (C=O) groups is 3. The number of hydrogen-bond donors (Lipinski definition) is 6. The predicted octanol–water partition coefficient (Wildman–Crippen LogP) is 9.42. The Labute approximate surface area is 357 Å². The van der Waals surface area contributed by atoms with Gasteiger partial charge >= 0.3 is 5.00 Å². The summed E-state index contributed by atoms with van der Waals surface area (Å²) in [6.07, 6.45) is 10.3. The number of rotatable bonds is 25. The number of nitrogens with zero attached hydrogens (tertiary/aromatic N) is 2. The van der Waals surface area contributed by atoms with Gasteiger partial charge in [-0.15, -0.1) is 0 Å². The van der Waals surface area contributed by atoms with E-state index in [0.717, 1.165) is 94.0 Å². The first-order chi connectivity index (χ1) is 28.2. The van der Waals surface area contributed by atoms with E-state index in [4.69, 9.17) is 10.5 Å². The fourth-order valence-corrected chi connectivity index (χ4v) is 7.25. The number of nitrogens with one attached hydrogen (secondary N) is 5. The molecule has 7 N–H and O–H groups in total. The van der Waals surface area contributed by atoms with Crippen molar-refractivity contribution in [3.05, 3.63) is 90.4 Å². The molecule has 0 atom stereocenters. The van der Waals surface area contributed by atoms with E-state index in [9.17, 15) is 37.7 Å². The van der Waals surface area contributed by atoms with Gasteiger partial charge in [0.2, 0.25) is 11.7 Å². The van der Waals surface area contributed by atoms with Crippen molar-refractivity contribution in [1.29, 1.82) is 0 Å². The molecule has 0 aliphatic rings. The van der Waals surface area contributed by atoms with Crippen LogP contribution in [0.4, 0.5) is 46.1 Å². The number of carbonyl (C=O) groups excluding carboxylic acids is 3. The highest BCUT2D eigenvalue weighted by molar-refractivity contribution is 14.1. The average molecular weight is 953 g/mol. The molecule has 0 unspecified atom stereocenters. The summed E-state index contributed by atoms with van der Waals surface area (Å²) in [5.41, 5.74) is 5.81. The van der Waals surface area contributed by atoms with Crippen LogP contribution in [0, 0.1) is 38.1 Å². The maximum absolute atomic E-state index is 15.0. The van der Waals surface area contributed by atoms with Gasteiger partial charge in [-0.2, -0.15) is 4.39 Å². The first-order valence-electron chi connectivity index (χ1n) is 19.2. The molecule has 4 rings (SSSR count). The second-order valence-corrected chi connectivity index (χ2v) is 15.9. The number of primary amides is 1. The Morgan fingerprint density at radius 1 is 0.847 bits per heavy atom. The molecule has 0 fully saturated rings. The molecule has 0 aliphatic carbocycles. The maximum atomic E-state index is 15.0. The van der Waals surface area contributed by atoms with Gasteiger partial charge in [0.05, 0.1) is 39.7 Å². The molecular formula is C40H48F3IN8O6S. The van der Waals surface area contributed by atoms with Gasteiger partial charge in [-0.05, 0) is 116 Å². The van der Waals surface area contributed by atoms with Gasteiger partial charge in [-0.25, -0.2) is 13.8 Å². The van der Waals surface area contributed by atoms with Crippen LogP contribution in [0.3, 0.4) is 0 Å². The molecule has 0 radical (unpaired) electrons. The van der Waals surface area contributed by atoms with Gasteiger partial charge < -0.3 is 31.7 Å². The van der Waals surface area contributed by atoms with Crippen LogP contribution in [-0.4, -0.2) is 53.9 Å². The number of benzene rings is 3. The molecule has 59 heavy (non-hydrogen) atoms. The molecule has 318 valence electrons. The second kappa shape index (κ2) is 23.5. The lowest BCUT2D eigenvalue weighted by molar-refractivity contribution is -0.380. The standard InChI is InChI=1S/C40H48F3IN8O6S/c1-24-39(52(56)57)59-40(48-24)51-38(55)28-15-14-27(22-32(28)49-25(2)53)47-19-11-9-7-5-3-4-6-8-10-17-46-18-12-20-58-33-23-29(37(45)54)36(35(43)34(33)42)50-31-16-13-26(44)21-30(31)41/h13-16,21-23,46-47,50H,3-12,17-20H2,1-2H3,(H2,45,54)(H,49,53)(H,48,51,55). The van der Waals surface area contributed by atoms with Crippen LogP contribution in [0.5, 0.6) is 5.75 Å². The number of nitrogens with two attached hydrogens (primary N) is 1. The van der Waals surface area contributed by atoms with Crippen LogP contribution in [0.1, 0.15) is 97.5 Å². The lowest BCUT2D eigenvalue weighted by atomic mass is 10.1. The van der Waals surface area contributed by atoms with E-state index in [0.29, 0.717) is 22.2 Å². The maximum Gasteiger partial charge on any atom is 0.348 e. The minimum atomic E-state index is -1.39. The van der Waals surface area contributed by atoms with Gasteiger partial charge in [-0.3, -0.25) is 29.8 Å². The van der Waals surface area contributed by atoms with E-state index in [2.05, 4.69) is 31.6 Å². The van der Waals surface area contributed by atoms with E-state index in [1.54, 1.807) is 24.3 Å². The number of aryl methyl sites for hydroxylation is 1. The van der Waals surface area contributed by atoms with Gasteiger partial charge in [-0.1, -0.05) is 44.9 Å². The molecule has 3 amide bonds. The number of thiazole rings is 1. The molecule has 1 heterocycles. The van der Waals surface area contributed by atoms with Gasteiger partial charge in [0, 0.05) is 22.7 Å². The highest BCUT2D eigenvalue weighted by Gasteiger charge is 2.24. The summed E-state index contributed by atoms with van der Waals surface area (Å²) in [6, 6.07) is 10.2. The normalized spacial score (nSPS) is 10.9. The van der Waals surface area contributed by atoms with Crippen molar-refractivity contribution in [2.75, 3.05) is 47.5 Å². The van der Waals surface area contributed by atoms with Crippen LogP contribution in [0.15, 0.2) is 42.5 Å². The third-order valence-electron chi connectivity index (χ3n) is 8.98. The lowest BCUT2D eigenvalue weighted by Gasteiger charge is -2.16. The quantitative estimate of drug-likeness (QED) is 0.0161. The fraction of sp³-hybridized carbons (Fsp3) is 0.400. The number of aromatic nitrogens is 1. The van der Waals surface area contributed by atoms with E-state index in [-0.39, 0.29) is 45.2 Å². The average Bonchev–Trinajstić information content (AvgIpc) is 3.55. The van der Waals surface area contributed by atoms with Crippen molar-refractivity contribution < 1.29 is 37.2 Å². The summed E-state index contributed by atoms with van der Waals surface area (Å²) in [4.78, 5) is 51.4. The largest absolute Gasteiger partial charge is 0.490 e. The van der Waals surface area contributed by atoms with Gasteiger partial charge in [0.1, 0.15) is 11.5 Å². The van der Waals surface area contributed by atoms with E-state index < -0.39 is 45.6 Å². The van der Waals surface area contributed by atoms with Crippen LogP contribution < -0.4 is 37.1 Å². The fourth-order valence-electron chi connectivity index (χ4n) is 6.02. The topological polar surface area (TPSA) is 203 Å². The van der Waals surface area contributed by atoms with Crippen molar-refractivity contribution in [2.45, 2.75) is 78.1 Å². The summed E-state index contributed by atoms with van der Waals surface area (Å²) < 4.78 is 50.1. The Kier molecular flexibility index (Phi) is 18.6. The number of ether oxygens (including phenoxy) is 1. The second-order valence-electron chi connectivity index (χ2n) is 13.7. The molecule has 0 bridgehead atoms. The Morgan fingerprint density at radius 3 is 2.14 bits per heavy atom. The first kappa shape index (κ1) is 46.7. The van der Waals surface area contributed by atoms with Crippen LogP contribution in [0.25, 0.3) is 0 Å². The molecule has 0 aliphatic heterocycles. The number of unbranched alkanes of at least 4 members (excludes halogenated alkanes) is 8. The monoisotopic (exact) mass is 952 g/mol. The number of anilines is 5. The highest BCUT2D eigenvalue weighted by Crippen LogP contribution is 2.34. The minimum Gasteiger partial charge on any atom is -0.490 e. The molecule has 1 aromatic heterocycles. The Balaban J connectivity index is 1.04. The van der Waals surface area contributed by atoms with Crippen LogP contribution >= 0.6 is 33.9 Å². The summed E-state index contributed by atoms with van der Waals surface area (Å²) in [5.74, 6) is -5.76. The Hall–Kier alpha value is -5.02. The summed E-state index contributed by atoms with van der Waals surface area (Å²) >= 11 is 2.68. The minimum absolute atomic E-state index is 0.0795. The third-order valence-corrected chi connectivity index (χ3v) is 10.7. The molecule has 19 heteroatoms. The van der Waals surface area contributed by atoms with E-state index in [1.807, 2.05) is 22.6 Å². The van der Waals surface area contributed by atoms with E-state index in [1.165, 1.54) is 26.0 Å². The molecule has 4 aromatic rings. The van der Waals surface area contributed by atoms with Gasteiger partial charge in [0.15, 0.2) is 16.7 Å². The predicted molar refractivity (Wildman–Crippen MR) is 233 cm³/mol. The molecule has 0 spiro atoms. The first-order valence-corrected chi connectivity index (χ1v) is 21.1. The van der Waals surface area contributed by atoms with Crippen molar-refractivity contribution in [3.63, 3.8) is 0 Å². The molecule has 0 saturated heterocycles. The number of amides is 3. The Bertz CT molecular complexity index is 2110. The van der Waals surface area contributed by atoms with Gasteiger partial charge in [0.25, 0.3) is 11.8 Å². The zero-order chi connectivity index (χ0) is 42.9. The summed E-state index contributed by atoms with van der Waals surface area (Å²) in [6.45, 7) is 5.07. The summed E-state index contributed by atoms with van der Waals surface area (Å²) in [5, 5.41) is 25.4. The molecular weight excluding hydrogens is 904 g/mol. The van der Waals surface area contributed by atoms with Crippen LogP contribution in [0.2, 0.25) is 0 Å². The Morgan fingerprint density at radius 2 is 1.51 bits per heavy atom. The molecule has 0 saturated carbocycles. The van der Waals surface area contributed by atoms with Crippen molar-refractivity contribution in [2.24, 2.45) is 5.73 Å². The third kappa shape index (κ3) is 14.6. The SMILES string of the molecule is CC(=O)Nc1cc(NCCCCCCCCCCCNCCCOc2cc(C(N)=O)c(Nc3ccc(I)cc3F)c(F)c2F)ccc1C(=O)Nc1nc(C)c([N+](=O)[O-])s1. The smallest absolute Gasteiger partial charge is 0.348 e. The number of halogens is 4. The van der Waals surface area contributed by atoms with E-state index >= 15 is 0 Å². The van der Waals surface area contributed by atoms with Crippen molar-refractivity contribution in [3.8, 4) is 5.75 Å².